The number of carbonyl (C=O) groups excluding carboxylic acids is 2. The highest BCUT2D eigenvalue weighted by Crippen LogP contribution is 2.10. The Morgan fingerprint density at radius 3 is 2.81 bits per heavy atom. The smallest absolute Gasteiger partial charge is 0.246 e. The lowest BCUT2D eigenvalue weighted by atomic mass is 10.2. The fourth-order valence-corrected chi connectivity index (χ4v) is 2.29. The quantitative estimate of drug-likeness (QED) is 0.466. The fourth-order valence-electron chi connectivity index (χ4n) is 1.49. The third-order valence-electron chi connectivity index (χ3n) is 2.47. The SMILES string of the molecule is CN1C(=O)CC(NCCSCCCO)C1=O. The number of hydrogen-bond acceptors (Lipinski definition) is 5. The maximum absolute atomic E-state index is 11.5. The van der Waals surface area contributed by atoms with E-state index in [2.05, 4.69) is 5.32 Å². The van der Waals surface area contributed by atoms with Crippen LogP contribution < -0.4 is 5.32 Å². The van der Waals surface area contributed by atoms with Gasteiger partial charge in [-0.25, -0.2) is 0 Å². The molecule has 0 aliphatic carbocycles. The van der Waals surface area contributed by atoms with Gasteiger partial charge >= 0.3 is 0 Å². The maximum atomic E-state index is 11.5. The first kappa shape index (κ1) is 13.5. The van der Waals surface area contributed by atoms with Crippen LogP contribution in [0.3, 0.4) is 0 Å². The van der Waals surface area contributed by atoms with Crippen LogP contribution in [0, 0.1) is 0 Å². The van der Waals surface area contributed by atoms with Gasteiger partial charge in [0.05, 0.1) is 12.5 Å². The van der Waals surface area contributed by atoms with Crippen molar-refractivity contribution in [3.05, 3.63) is 0 Å². The monoisotopic (exact) mass is 246 g/mol. The highest BCUT2D eigenvalue weighted by Gasteiger charge is 2.35. The van der Waals surface area contributed by atoms with Crippen molar-refractivity contribution >= 4 is 23.6 Å². The zero-order valence-electron chi connectivity index (χ0n) is 9.44. The number of imide groups is 1. The summed E-state index contributed by atoms with van der Waals surface area (Å²) in [6, 6.07) is -0.337. The second kappa shape index (κ2) is 6.88. The Morgan fingerprint density at radius 1 is 1.50 bits per heavy atom. The molecule has 6 heteroatoms. The van der Waals surface area contributed by atoms with Gasteiger partial charge in [-0.2, -0.15) is 11.8 Å². The van der Waals surface area contributed by atoms with E-state index < -0.39 is 0 Å². The summed E-state index contributed by atoms with van der Waals surface area (Å²) in [6.45, 7) is 0.939. The molecule has 0 aromatic carbocycles. The Morgan fingerprint density at radius 2 is 2.25 bits per heavy atom. The van der Waals surface area contributed by atoms with Crippen molar-refractivity contribution in [2.75, 3.05) is 31.7 Å². The van der Waals surface area contributed by atoms with Crippen LogP contribution in [-0.2, 0) is 9.59 Å². The second-order valence-electron chi connectivity index (χ2n) is 3.69. The molecule has 1 rings (SSSR count). The van der Waals surface area contributed by atoms with Gasteiger partial charge in [0.25, 0.3) is 0 Å². The Hall–Kier alpha value is -0.590. The normalized spacial score (nSPS) is 20.9. The zero-order chi connectivity index (χ0) is 12.0. The van der Waals surface area contributed by atoms with Crippen molar-refractivity contribution in [3.63, 3.8) is 0 Å². The molecular weight excluding hydrogens is 228 g/mol. The molecule has 92 valence electrons. The number of nitrogens with zero attached hydrogens (tertiary/aromatic N) is 1. The Balaban J connectivity index is 2.10. The molecular formula is C10H18N2O3S. The van der Waals surface area contributed by atoms with Gasteiger partial charge in [-0.1, -0.05) is 0 Å². The molecule has 16 heavy (non-hydrogen) atoms. The highest BCUT2D eigenvalue weighted by molar-refractivity contribution is 7.99. The lowest BCUT2D eigenvalue weighted by Crippen LogP contribution is -2.38. The van der Waals surface area contributed by atoms with E-state index in [1.54, 1.807) is 11.8 Å². The van der Waals surface area contributed by atoms with Crippen molar-refractivity contribution < 1.29 is 14.7 Å². The van der Waals surface area contributed by atoms with Gasteiger partial charge in [0.1, 0.15) is 0 Å². The van der Waals surface area contributed by atoms with E-state index in [4.69, 9.17) is 5.11 Å². The summed E-state index contributed by atoms with van der Waals surface area (Å²) in [5.41, 5.74) is 0. The molecule has 1 unspecified atom stereocenters. The van der Waals surface area contributed by atoms with Gasteiger partial charge in [0.15, 0.2) is 0 Å². The number of likely N-dealkylation sites (N-methyl/N-ethyl adjacent to an activating group) is 1. The average molecular weight is 246 g/mol. The summed E-state index contributed by atoms with van der Waals surface area (Å²) >= 11 is 1.73. The molecule has 1 fully saturated rings. The molecule has 2 amide bonds. The van der Waals surface area contributed by atoms with E-state index >= 15 is 0 Å². The predicted molar refractivity (Wildman–Crippen MR) is 63.2 cm³/mol. The van der Waals surface area contributed by atoms with Gasteiger partial charge in [-0.3, -0.25) is 14.5 Å². The standard InChI is InChI=1S/C10H18N2O3S/c1-12-9(14)7-8(10(12)15)11-3-6-16-5-2-4-13/h8,11,13H,2-7H2,1H3. The molecule has 0 bridgehead atoms. The minimum atomic E-state index is -0.337. The summed E-state index contributed by atoms with van der Waals surface area (Å²) in [5.74, 6) is 1.57. The molecule has 5 nitrogen and oxygen atoms in total. The summed E-state index contributed by atoms with van der Waals surface area (Å²) in [4.78, 5) is 23.9. The minimum Gasteiger partial charge on any atom is -0.396 e. The number of amides is 2. The Bertz CT molecular complexity index is 260. The number of carbonyl (C=O) groups is 2. The molecule has 1 atom stereocenters. The molecule has 1 aliphatic heterocycles. The van der Waals surface area contributed by atoms with Crippen molar-refractivity contribution in [3.8, 4) is 0 Å². The van der Waals surface area contributed by atoms with E-state index in [1.807, 2.05) is 0 Å². The predicted octanol–water partition coefficient (Wildman–Crippen LogP) is -0.551. The van der Waals surface area contributed by atoms with Gasteiger partial charge in [0.2, 0.25) is 11.8 Å². The molecule has 0 aromatic rings. The number of aliphatic hydroxyl groups excluding tert-OH is 1. The lowest BCUT2D eigenvalue weighted by Gasteiger charge is -2.10. The number of thioether (sulfide) groups is 1. The molecule has 0 radical (unpaired) electrons. The van der Waals surface area contributed by atoms with Crippen LogP contribution in [0.5, 0.6) is 0 Å². The number of hydrogen-bond donors (Lipinski definition) is 2. The summed E-state index contributed by atoms with van der Waals surface area (Å²) in [5, 5.41) is 11.6. The van der Waals surface area contributed by atoms with Crippen molar-refractivity contribution in [2.24, 2.45) is 0 Å². The number of rotatable bonds is 7. The third kappa shape index (κ3) is 3.77. The maximum Gasteiger partial charge on any atom is 0.246 e. The number of likely N-dealkylation sites (tertiary alicyclic amines) is 1. The van der Waals surface area contributed by atoms with Gasteiger partial charge in [-0.05, 0) is 12.2 Å². The molecule has 1 heterocycles. The first-order chi connectivity index (χ1) is 7.66. The second-order valence-corrected chi connectivity index (χ2v) is 4.92. The molecule has 0 aromatic heterocycles. The van der Waals surface area contributed by atoms with Crippen LogP contribution in [0.4, 0.5) is 0 Å². The van der Waals surface area contributed by atoms with Gasteiger partial charge in [0, 0.05) is 26.0 Å². The zero-order valence-corrected chi connectivity index (χ0v) is 10.3. The minimum absolute atomic E-state index is 0.115. The number of aliphatic hydroxyl groups is 1. The summed E-state index contributed by atoms with van der Waals surface area (Å²) in [6.07, 6.45) is 1.07. The average Bonchev–Trinajstić information content (AvgIpc) is 2.51. The molecule has 1 saturated heterocycles. The van der Waals surface area contributed by atoms with Crippen LogP contribution in [0.1, 0.15) is 12.8 Å². The summed E-state index contributed by atoms with van der Waals surface area (Å²) in [7, 11) is 1.52. The first-order valence-corrected chi connectivity index (χ1v) is 6.54. The van der Waals surface area contributed by atoms with Crippen LogP contribution in [0.25, 0.3) is 0 Å². The van der Waals surface area contributed by atoms with Gasteiger partial charge < -0.3 is 10.4 Å². The van der Waals surface area contributed by atoms with E-state index in [1.165, 1.54) is 11.9 Å². The van der Waals surface area contributed by atoms with Crippen molar-refractivity contribution in [1.82, 2.24) is 10.2 Å². The van der Waals surface area contributed by atoms with E-state index in [0.717, 1.165) is 17.9 Å². The van der Waals surface area contributed by atoms with Crippen molar-refractivity contribution in [2.45, 2.75) is 18.9 Å². The van der Waals surface area contributed by atoms with E-state index in [-0.39, 0.29) is 30.9 Å². The van der Waals surface area contributed by atoms with Crippen LogP contribution in [0.2, 0.25) is 0 Å². The molecule has 2 N–H and O–H groups in total. The Kier molecular flexibility index (Phi) is 5.79. The van der Waals surface area contributed by atoms with Crippen molar-refractivity contribution in [1.29, 1.82) is 0 Å². The summed E-state index contributed by atoms with van der Waals surface area (Å²) < 4.78 is 0. The molecule has 1 aliphatic rings. The first-order valence-electron chi connectivity index (χ1n) is 5.39. The lowest BCUT2D eigenvalue weighted by molar-refractivity contribution is -0.137. The van der Waals surface area contributed by atoms with E-state index in [9.17, 15) is 9.59 Å². The van der Waals surface area contributed by atoms with Crippen LogP contribution in [0.15, 0.2) is 0 Å². The van der Waals surface area contributed by atoms with Crippen LogP contribution >= 0.6 is 11.8 Å². The largest absolute Gasteiger partial charge is 0.396 e. The highest BCUT2D eigenvalue weighted by atomic mass is 32.2. The van der Waals surface area contributed by atoms with Gasteiger partial charge in [-0.15, -0.1) is 0 Å². The molecule has 0 spiro atoms. The fraction of sp³-hybridized carbons (Fsp3) is 0.800. The van der Waals surface area contributed by atoms with Crippen LogP contribution in [-0.4, -0.2) is 59.6 Å². The molecule has 0 saturated carbocycles. The number of nitrogens with one attached hydrogen (secondary N) is 1. The third-order valence-corrected chi connectivity index (χ3v) is 3.54. The Labute approximate surface area is 99.6 Å². The van der Waals surface area contributed by atoms with E-state index in [0.29, 0.717) is 6.54 Å². The topological polar surface area (TPSA) is 69.6 Å².